The number of rotatable bonds is 13. The molecule has 0 heterocycles. The Balaban J connectivity index is 2.08. The van der Waals surface area contributed by atoms with E-state index < -0.39 is 0 Å². The van der Waals surface area contributed by atoms with Crippen LogP contribution in [0, 0.1) is 18.3 Å². The van der Waals surface area contributed by atoms with E-state index in [9.17, 15) is 0 Å². The summed E-state index contributed by atoms with van der Waals surface area (Å²) >= 11 is 0. The van der Waals surface area contributed by atoms with Crippen molar-refractivity contribution in [3.05, 3.63) is 137 Å². The summed E-state index contributed by atoms with van der Waals surface area (Å²) in [4.78, 5) is 2.62. The Labute approximate surface area is 244 Å². The third-order valence-electron chi connectivity index (χ3n) is 7.89. The summed E-state index contributed by atoms with van der Waals surface area (Å²) in [6, 6.07) is 21.9. The second kappa shape index (κ2) is 15.9. The Bertz CT molecular complexity index is 1290. The van der Waals surface area contributed by atoms with Gasteiger partial charge in [-0.2, -0.15) is 0 Å². The molecule has 3 rings (SSSR count). The van der Waals surface area contributed by atoms with Crippen LogP contribution in [0.4, 0.5) is 0 Å². The molecule has 0 saturated carbocycles. The second-order valence-corrected chi connectivity index (χ2v) is 11.0. The van der Waals surface area contributed by atoms with Crippen molar-refractivity contribution in [2.24, 2.45) is 5.92 Å². The number of allylic oxidation sites excluding steroid dienone is 9. The fraction of sp³-hybridized carbons (Fsp3) is 0.333. The molecule has 0 spiro atoms. The van der Waals surface area contributed by atoms with Crippen molar-refractivity contribution < 1.29 is 0 Å². The van der Waals surface area contributed by atoms with Crippen molar-refractivity contribution >= 4 is 5.57 Å². The van der Waals surface area contributed by atoms with Crippen molar-refractivity contribution in [1.82, 2.24) is 4.90 Å². The van der Waals surface area contributed by atoms with Crippen LogP contribution in [-0.2, 0) is 0 Å². The molecule has 1 aliphatic carbocycles. The monoisotopic (exact) mass is 529 g/mol. The molecule has 208 valence electrons. The molecule has 0 fully saturated rings. The fourth-order valence-corrected chi connectivity index (χ4v) is 5.56. The molecular weight excluding hydrogens is 482 g/mol. The first-order chi connectivity index (χ1) is 19.4. The van der Waals surface area contributed by atoms with Gasteiger partial charge in [-0.25, -0.2) is 0 Å². The summed E-state index contributed by atoms with van der Waals surface area (Å²) in [5.74, 6) is 3.89. The maximum absolute atomic E-state index is 6.32. The molecule has 0 aromatic heterocycles. The third kappa shape index (κ3) is 8.20. The van der Waals surface area contributed by atoms with E-state index in [1.54, 1.807) is 0 Å². The van der Waals surface area contributed by atoms with Crippen LogP contribution in [0.3, 0.4) is 0 Å². The topological polar surface area (TPSA) is 3.24 Å². The standard InChI is InChI=1S/C39H47N/c1-8-12-19-32(10-3)31(7)40(26-9-2)29-37(33-20-15-13-16-21-33)27-36-25-24-35(30(5)6)28-39(38(36)11-4)34-22-17-14-18-23-34/h4,8,10,12-24,28,30-31,37H,3,9,25-27,29H2,1-2,5-7H3/b12-8-,32-19+. The Kier molecular flexibility index (Phi) is 12.3. The molecule has 2 atom stereocenters. The summed E-state index contributed by atoms with van der Waals surface area (Å²) in [5, 5.41) is 0. The maximum atomic E-state index is 6.32. The van der Waals surface area contributed by atoms with Crippen LogP contribution < -0.4 is 0 Å². The number of hydrogen-bond donors (Lipinski definition) is 0. The average molecular weight is 530 g/mol. The van der Waals surface area contributed by atoms with Crippen LogP contribution in [-0.4, -0.2) is 24.0 Å². The lowest BCUT2D eigenvalue weighted by molar-refractivity contribution is 0.219. The highest BCUT2D eigenvalue weighted by Gasteiger charge is 2.25. The van der Waals surface area contributed by atoms with Crippen molar-refractivity contribution in [2.45, 2.75) is 65.8 Å². The van der Waals surface area contributed by atoms with Gasteiger partial charge in [-0.3, -0.25) is 4.90 Å². The zero-order valence-electron chi connectivity index (χ0n) is 25.2. The van der Waals surface area contributed by atoms with Gasteiger partial charge < -0.3 is 0 Å². The number of benzene rings is 2. The van der Waals surface area contributed by atoms with Crippen LogP contribution in [0.5, 0.6) is 0 Å². The first-order valence-electron chi connectivity index (χ1n) is 14.8. The van der Waals surface area contributed by atoms with Gasteiger partial charge in [0, 0.05) is 24.1 Å². The SMILES string of the molecule is C#CC1=C(CC(CN(CCC)C(C)/C(C=C)=C/C=C\C)c2ccccc2)CC=C(C(C)C)C=C1c1ccccc1. The van der Waals surface area contributed by atoms with Crippen molar-refractivity contribution in [1.29, 1.82) is 0 Å². The lowest BCUT2D eigenvalue weighted by Crippen LogP contribution is -2.38. The van der Waals surface area contributed by atoms with E-state index in [4.69, 9.17) is 6.42 Å². The fourth-order valence-electron chi connectivity index (χ4n) is 5.56. The highest BCUT2D eigenvalue weighted by Crippen LogP contribution is 2.37. The summed E-state index contributed by atoms with van der Waals surface area (Å²) in [6.07, 6.45) is 22.3. The Morgan fingerprint density at radius 3 is 2.30 bits per heavy atom. The molecule has 0 amide bonds. The van der Waals surface area contributed by atoms with Gasteiger partial charge in [-0.05, 0) is 85.1 Å². The summed E-state index contributed by atoms with van der Waals surface area (Å²) in [5.41, 5.74) is 8.71. The predicted octanol–water partition coefficient (Wildman–Crippen LogP) is 9.95. The molecule has 2 aromatic rings. The Hall–Kier alpha value is -3.60. The summed E-state index contributed by atoms with van der Waals surface area (Å²) in [6.45, 7) is 17.3. The number of nitrogens with zero attached hydrogens (tertiary/aromatic N) is 1. The summed E-state index contributed by atoms with van der Waals surface area (Å²) in [7, 11) is 0. The molecule has 0 saturated heterocycles. The number of terminal acetylenes is 1. The maximum Gasteiger partial charge on any atom is 0.0319 e. The van der Waals surface area contributed by atoms with Crippen molar-refractivity contribution in [3.8, 4) is 12.3 Å². The van der Waals surface area contributed by atoms with Crippen molar-refractivity contribution in [2.75, 3.05) is 13.1 Å². The highest BCUT2D eigenvalue weighted by atomic mass is 15.1. The van der Waals surface area contributed by atoms with E-state index in [0.717, 1.165) is 37.9 Å². The highest BCUT2D eigenvalue weighted by molar-refractivity contribution is 5.86. The minimum atomic E-state index is 0.266. The van der Waals surface area contributed by atoms with E-state index in [-0.39, 0.29) is 6.04 Å². The molecule has 1 nitrogen and oxygen atoms in total. The van der Waals surface area contributed by atoms with Gasteiger partial charge in [-0.15, -0.1) is 6.42 Å². The smallest absolute Gasteiger partial charge is 0.0319 e. The predicted molar refractivity (Wildman–Crippen MR) is 176 cm³/mol. The van der Waals surface area contributed by atoms with Gasteiger partial charge >= 0.3 is 0 Å². The molecular formula is C39H47N. The van der Waals surface area contributed by atoms with Crippen LogP contribution in [0.1, 0.15) is 70.9 Å². The minimum absolute atomic E-state index is 0.266. The second-order valence-electron chi connectivity index (χ2n) is 11.0. The van der Waals surface area contributed by atoms with E-state index in [1.807, 2.05) is 6.08 Å². The van der Waals surface area contributed by atoms with Crippen LogP contribution in [0.25, 0.3) is 5.57 Å². The molecule has 0 radical (unpaired) electrons. The molecule has 0 bridgehead atoms. The minimum Gasteiger partial charge on any atom is -0.296 e. The van der Waals surface area contributed by atoms with Gasteiger partial charge in [0.2, 0.25) is 0 Å². The van der Waals surface area contributed by atoms with Gasteiger partial charge in [-0.1, -0.05) is 124 Å². The normalized spacial score (nSPS) is 16.0. The van der Waals surface area contributed by atoms with E-state index >= 15 is 0 Å². The molecule has 40 heavy (non-hydrogen) atoms. The lowest BCUT2D eigenvalue weighted by Gasteiger charge is -2.34. The summed E-state index contributed by atoms with van der Waals surface area (Å²) < 4.78 is 0. The van der Waals surface area contributed by atoms with Gasteiger partial charge in [0.1, 0.15) is 0 Å². The quantitative estimate of drug-likeness (QED) is 0.184. The van der Waals surface area contributed by atoms with Gasteiger partial charge in [0.15, 0.2) is 0 Å². The van der Waals surface area contributed by atoms with E-state index in [2.05, 4.69) is 143 Å². The van der Waals surface area contributed by atoms with Crippen molar-refractivity contribution in [3.63, 3.8) is 0 Å². The van der Waals surface area contributed by atoms with Gasteiger partial charge in [0.25, 0.3) is 0 Å². The van der Waals surface area contributed by atoms with Crippen LogP contribution in [0.15, 0.2) is 126 Å². The lowest BCUT2D eigenvalue weighted by atomic mass is 9.85. The van der Waals surface area contributed by atoms with E-state index in [0.29, 0.717) is 11.8 Å². The van der Waals surface area contributed by atoms with Gasteiger partial charge in [0.05, 0.1) is 0 Å². The molecule has 2 unspecified atom stereocenters. The zero-order chi connectivity index (χ0) is 28.9. The molecule has 0 aliphatic heterocycles. The average Bonchev–Trinajstić information content (AvgIpc) is 3.17. The van der Waals surface area contributed by atoms with Crippen LogP contribution >= 0.6 is 0 Å². The Morgan fingerprint density at radius 1 is 1.05 bits per heavy atom. The molecule has 2 aromatic carbocycles. The molecule has 1 heteroatoms. The van der Waals surface area contributed by atoms with E-state index in [1.165, 1.54) is 33.4 Å². The third-order valence-corrected chi connectivity index (χ3v) is 7.89. The first kappa shape index (κ1) is 30.9. The first-order valence-corrected chi connectivity index (χ1v) is 14.8. The largest absolute Gasteiger partial charge is 0.296 e. The zero-order valence-corrected chi connectivity index (χ0v) is 25.2. The van der Waals surface area contributed by atoms with Crippen LogP contribution in [0.2, 0.25) is 0 Å². The molecule has 1 aliphatic rings. The number of hydrogen-bond acceptors (Lipinski definition) is 1. The molecule has 0 N–H and O–H groups in total. The Morgan fingerprint density at radius 2 is 1.73 bits per heavy atom.